The Morgan fingerprint density at radius 3 is 2.60 bits per heavy atom. The monoisotopic (exact) mass is 273 g/mol. The molecule has 4 nitrogen and oxygen atoms in total. The molecule has 0 aromatic heterocycles. The Morgan fingerprint density at radius 1 is 1.10 bits per heavy atom. The van der Waals surface area contributed by atoms with Crippen molar-refractivity contribution in [1.82, 2.24) is 9.80 Å². The standard InChI is InChI=1S/C16H23N3O/c17-15-8-2-1-7-14(15)16(20)19-11-5-6-13(12-19)18-9-3-4-10-18/h1-2,7-8,13H,3-6,9-12,17H2. The Morgan fingerprint density at radius 2 is 1.85 bits per heavy atom. The van der Waals surface area contributed by atoms with Gasteiger partial charge in [-0.1, -0.05) is 12.1 Å². The van der Waals surface area contributed by atoms with Gasteiger partial charge in [0, 0.05) is 24.8 Å². The zero-order chi connectivity index (χ0) is 13.9. The Kier molecular flexibility index (Phi) is 3.92. The zero-order valence-electron chi connectivity index (χ0n) is 11.9. The fraction of sp³-hybridized carbons (Fsp3) is 0.562. The number of amides is 1. The van der Waals surface area contributed by atoms with Crippen LogP contribution in [0.5, 0.6) is 0 Å². The second-order valence-electron chi connectivity index (χ2n) is 5.88. The summed E-state index contributed by atoms with van der Waals surface area (Å²) in [5.74, 6) is 0.0898. The molecule has 2 heterocycles. The number of carbonyl (C=O) groups is 1. The van der Waals surface area contributed by atoms with E-state index in [0.29, 0.717) is 17.3 Å². The third-order valence-corrected chi connectivity index (χ3v) is 4.53. The minimum atomic E-state index is 0.0898. The summed E-state index contributed by atoms with van der Waals surface area (Å²) in [6.45, 7) is 4.10. The lowest BCUT2D eigenvalue weighted by molar-refractivity contribution is 0.0609. The molecule has 2 saturated heterocycles. The first-order chi connectivity index (χ1) is 9.75. The van der Waals surface area contributed by atoms with E-state index < -0.39 is 0 Å². The van der Waals surface area contributed by atoms with Crippen LogP contribution in [0.4, 0.5) is 5.69 Å². The van der Waals surface area contributed by atoms with Gasteiger partial charge in [0.05, 0.1) is 5.56 Å². The van der Waals surface area contributed by atoms with Crippen LogP contribution in [0.1, 0.15) is 36.0 Å². The molecule has 2 fully saturated rings. The highest BCUT2D eigenvalue weighted by Crippen LogP contribution is 2.22. The van der Waals surface area contributed by atoms with E-state index >= 15 is 0 Å². The van der Waals surface area contributed by atoms with Crippen LogP contribution in [-0.2, 0) is 0 Å². The fourth-order valence-electron chi connectivity index (χ4n) is 3.41. The number of carbonyl (C=O) groups excluding carboxylic acids is 1. The Bertz CT molecular complexity index is 482. The molecule has 0 radical (unpaired) electrons. The van der Waals surface area contributed by atoms with Gasteiger partial charge >= 0.3 is 0 Å². The maximum absolute atomic E-state index is 12.6. The summed E-state index contributed by atoms with van der Waals surface area (Å²) in [6, 6.07) is 7.92. The molecule has 4 heteroatoms. The maximum atomic E-state index is 12.6. The molecular formula is C16H23N3O. The summed E-state index contributed by atoms with van der Waals surface area (Å²) in [6.07, 6.45) is 4.92. The first-order valence-corrected chi connectivity index (χ1v) is 7.63. The van der Waals surface area contributed by atoms with Gasteiger partial charge in [-0.15, -0.1) is 0 Å². The van der Waals surface area contributed by atoms with Crippen molar-refractivity contribution in [3.63, 3.8) is 0 Å². The SMILES string of the molecule is Nc1ccccc1C(=O)N1CCCC(N2CCCC2)C1. The molecule has 2 aliphatic rings. The van der Waals surface area contributed by atoms with Crippen LogP contribution in [0.2, 0.25) is 0 Å². The maximum Gasteiger partial charge on any atom is 0.255 e. The van der Waals surface area contributed by atoms with Gasteiger partial charge in [0.25, 0.3) is 5.91 Å². The highest BCUT2D eigenvalue weighted by molar-refractivity contribution is 5.99. The van der Waals surface area contributed by atoms with Crippen LogP contribution in [-0.4, -0.2) is 47.9 Å². The van der Waals surface area contributed by atoms with E-state index in [1.54, 1.807) is 6.07 Å². The smallest absolute Gasteiger partial charge is 0.255 e. The van der Waals surface area contributed by atoms with Gasteiger partial charge in [-0.3, -0.25) is 9.69 Å². The molecule has 0 aliphatic carbocycles. The van der Waals surface area contributed by atoms with Crippen molar-refractivity contribution < 1.29 is 4.79 Å². The molecule has 0 saturated carbocycles. The van der Waals surface area contributed by atoms with Crippen molar-refractivity contribution in [2.45, 2.75) is 31.7 Å². The fourth-order valence-corrected chi connectivity index (χ4v) is 3.41. The van der Waals surface area contributed by atoms with Gasteiger partial charge in [0.1, 0.15) is 0 Å². The molecule has 1 unspecified atom stereocenters. The molecule has 3 rings (SSSR count). The van der Waals surface area contributed by atoms with Gasteiger partial charge in [-0.2, -0.15) is 0 Å². The summed E-state index contributed by atoms with van der Waals surface area (Å²) in [5, 5.41) is 0. The van der Waals surface area contributed by atoms with Gasteiger partial charge in [-0.05, 0) is 50.9 Å². The third kappa shape index (κ3) is 2.66. The number of hydrogen-bond acceptors (Lipinski definition) is 3. The van der Waals surface area contributed by atoms with E-state index in [0.717, 1.165) is 19.5 Å². The van der Waals surface area contributed by atoms with E-state index in [9.17, 15) is 4.79 Å². The molecule has 1 aromatic carbocycles. The van der Waals surface area contributed by atoms with E-state index in [2.05, 4.69) is 4.90 Å². The second-order valence-corrected chi connectivity index (χ2v) is 5.88. The van der Waals surface area contributed by atoms with Crippen LogP contribution < -0.4 is 5.73 Å². The minimum absolute atomic E-state index is 0.0898. The van der Waals surface area contributed by atoms with Gasteiger partial charge in [0.2, 0.25) is 0 Å². The van der Waals surface area contributed by atoms with Gasteiger partial charge in [0.15, 0.2) is 0 Å². The lowest BCUT2D eigenvalue weighted by Gasteiger charge is -2.37. The number of likely N-dealkylation sites (tertiary alicyclic amines) is 2. The highest BCUT2D eigenvalue weighted by atomic mass is 16.2. The van der Waals surface area contributed by atoms with Crippen LogP contribution >= 0.6 is 0 Å². The minimum Gasteiger partial charge on any atom is -0.398 e. The number of piperidine rings is 1. The van der Waals surface area contributed by atoms with Gasteiger partial charge in [-0.25, -0.2) is 0 Å². The summed E-state index contributed by atoms with van der Waals surface area (Å²) >= 11 is 0. The number of rotatable bonds is 2. The van der Waals surface area contributed by atoms with Crippen LogP contribution in [0.15, 0.2) is 24.3 Å². The first kappa shape index (κ1) is 13.4. The quantitative estimate of drug-likeness (QED) is 0.838. The molecule has 1 aromatic rings. The number of nitrogens with two attached hydrogens (primary N) is 1. The van der Waals surface area contributed by atoms with Crippen molar-refractivity contribution in [2.24, 2.45) is 0 Å². The van der Waals surface area contributed by atoms with E-state index in [1.807, 2.05) is 23.1 Å². The lowest BCUT2D eigenvalue weighted by atomic mass is 10.0. The predicted octanol–water partition coefficient (Wildman–Crippen LogP) is 1.97. The van der Waals surface area contributed by atoms with Crippen LogP contribution in [0, 0.1) is 0 Å². The predicted molar refractivity (Wildman–Crippen MR) is 80.6 cm³/mol. The van der Waals surface area contributed by atoms with E-state index in [4.69, 9.17) is 5.73 Å². The number of nitrogen functional groups attached to an aromatic ring is 1. The molecule has 1 atom stereocenters. The first-order valence-electron chi connectivity index (χ1n) is 7.63. The molecule has 108 valence electrons. The average Bonchev–Trinajstić information content (AvgIpc) is 3.01. The average molecular weight is 273 g/mol. The largest absolute Gasteiger partial charge is 0.398 e. The Balaban J connectivity index is 1.70. The number of benzene rings is 1. The molecule has 0 bridgehead atoms. The van der Waals surface area contributed by atoms with Crippen molar-refractivity contribution in [3.8, 4) is 0 Å². The molecule has 0 spiro atoms. The third-order valence-electron chi connectivity index (χ3n) is 4.53. The number of para-hydroxylation sites is 1. The van der Waals surface area contributed by atoms with Gasteiger partial charge < -0.3 is 10.6 Å². The van der Waals surface area contributed by atoms with Crippen molar-refractivity contribution in [3.05, 3.63) is 29.8 Å². The molecular weight excluding hydrogens is 250 g/mol. The molecule has 20 heavy (non-hydrogen) atoms. The zero-order valence-corrected chi connectivity index (χ0v) is 11.9. The normalized spacial score (nSPS) is 24.0. The summed E-state index contributed by atoms with van der Waals surface area (Å²) in [5.41, 5.74) is 7.16. The van der Waals surface area contributed by atoms with E-state index in [1.165, 1.54) is 32.4 Å². The van der Waals surface area contributed by atoms with Crippen molar-refractivity contribution in [1.29, 1.82) is 0 Å². The Hall–Kier alpha value is -1.55. The highest BCUT2D eigenvalue weighted by Gasteiger charge is 2.29. The topological polar surface area (TPSA) is 49.6 Å². The van der Waals surface area contributed by atoms with Crippen LogP contribution in [0.25, 0.3) is 0 Å². The molecule has 2 aliphatic heterocycles. The van der Waals surface area contributed by atoms with E-state index in [-0.39, 0.29) is 5.91 Å². The van der Waals surface area contributed by atoms with Crippen molar-refractivity contribution >= 4 is 11.6 Å². The second kappa shape index (κ2) is 5.83. The number of anilines is 1. The summed E-state index contributed by atoms with van der Waals surface area (Å²) in [4.78, 5) is 17.1. The lowest BCUT2D eigenvalue weighted by Crippen LogP contribution is -2.49. The van der Waals surface area contributed by atoms with Crippen LogP contribution in [0.3, 0.4) is 0 Å². The number of nitrogens with zero attached hydrogens (tertiary/aromatic N) is 2. The molecule has 2 N–H and O–H groups in total. The Labute approximate surface area is 120 Å². The number of hydrogen-bond donors (Lipinski definition) is 1. The summed E-state index contributed by atoms with van der Waals surface area (Å²) in [7, 11) is 0. The summed E-state index contributed by atoms with van der Waals surface area (Å²) < 4.78 is 0. The van der Waals surface area contributed by atoms with Crippen molar-refractivity contribution in [2.75, 3.05) is 31.9 Å². The molecule has 1 amide bonds.